The lowest BCUT2D eigenvalue weighted by molar-refractivity contribution is -0.136. The SMILES string of the molecule is COc1ccc(C)c2c(C)c(CCC(=O)O)c(=O)[nH]c12. The van der Waals surface area contributed by atoms with Gasteiger partial charge in [0.15, 0.2) is 0 Å². The van der Waals surface area contributed by atoms with Crippen LogP contribution in [-0.4, -0.2) is 23.2 Å². The van der Waals surface area contributed by atoms with Crippen LogP contribution in [0.1, 0.15) is 23.1 Å². The van der Waals surface area contributed by atoms with Crippen molar-refractivity contribution in [1.82, 2.24) is 4.98 Å². The van der Waals surface area contributed by atoms with Crippen LogP contribution in [0.15, 0.2) is 16.9 Å². The smallest absolute Gasteiger partial charge is 0.303 e. The Morgan fingerprint density at radius 3 is 2.65 bits per heavy atom. The first-order valence-corrected chi connectivity index (χ1v) is 6.36. The van der Waals surface area contributed by atoms with E-state index in [1.165, 1.54) is 0 Å². The summed E-state index contributed by atoms with van der Waals surface area (Å²) < 4.78 is 5.27. The number of nitrogens with one attached hydrogen (secondary N) is 1. The molecule has 5 nitrogen and oxygen atoms in total. The number of pyridine rings is 1. The number of ether oxygens (including phenoxy) is 1. The number of benzene rings is 1. The van der Waals surface area contributed by atoms with E-state index in [1.807, 2.05) is 26.0 Å². The average molecular weight is 275 g/mol. The molecular weight excluding hydrogens is 258 g/mol. The van der Waals surface area contributed by atoms with Crippen molar-refractivity contribution < 1.29 is 14.6 Å². The first kappa shape index (κ1) is 14.1. The van der Waals surface area contributed by atoms with Crippen molar-refractivity contribution in [3.63, 3.8) is 0 Å². The highest BCUT2D eigenvalue weighted by molar-refractivity contribution is 5.90. The maximum Gasteiger partial charge on any atom is 0.303 e. The van der Waals surface area contributed by atoms with Crippen LogP contribution < -0.4 is 10.3 Å². The quantitative estimate of drug-likeness (QED) is 0.896. The van der Waals surface area contributed by atoms with Crippen LogP contribution in [0.5, 0.6) is 5.75 Å². The molecule has 2 N–H and O–H groups in total. The number of rotatable bonds is 4. The predicted molar refractivity (Wildman–Crippen MR) is 76.6 cm³/mol. The van der Waals surface area contributed by atoms with Crippen LogP contribution in [-0.2, 0) is 11.2 Å². The summed E-state index contributed by atoms with van der Waals surface area (Å²) in [5.41, 5.74) is 2.78. The molecule has 2 rings (SSSR count). The van der Waals surface area contributed by atoms with Crippen LogP contribution in [0.25, 0.3) is 10.9 Å². The molecule has 0 bridgehead atoms. The Bertz CT molecular complexity index is 731. The number of hydrogen-bond donors (Lipinski definition) is 2. The predicted octanol–water partition coefficient (Wildman–Crippen LogP) is 2.17. The molecule has 0 spiro atoms. The van der Waals surface area contributed by atoms with Gasteiger partial charge in [-0.1, -0.05) is 6.07 Å². The third-order valence-electron chi connectivity index (χ3n) is 3.52. The van der Waals surface area contributed by atoms with Crippen molar-refractivity contribution in [3.8, 4) is 5.75 Å². The molecule has 0 aliphatic rings. The second kappa shape index (κ2) is 5.36. The normalized spacial score (nSPS) is 10.8. The molecular formula is C15H17NO4. The zero-order valence-electron chi connectivity index (χ0n) is 11.7. The lowest BCUT2D eigenvalue weighted by Crippen LogP contribution is -2.17. The number of carboxylic acids is 1. The molecule has 5 heteroatoms. The lowest BCUT2D eigenvalue weighted by Gasteiger charge is -2.13. The van der Waals surface area contributed by atoms with E-state index in [-0.39, 0.29) is 18.4 Å². The van der Waals surface area contributed by atoms with Crippen molar-refractivity contribution in [3.05, 3.63) is 39.2 Å². The van der Waals surface area contributed by atoms with Gasteiger partial charge in [0.05, 0.1) is 12.6 Å². The van der Waals surface area contributed by atoms with Crippen molar-refractivity contribution in [2.45, 2.75) is 26.7 Å². The number of carbonyl (C=O) groups is 1. The molecule has 20 heavy (non-hydrogen) atoms. The van der Waals surface area contributed by atoms with E-state index in [0.717, 1.165) is 16.5 Å². The average Bonchev–Trinajstić information content (AvgIpc) is 2.38. The molecule has 0 radical (unpaired) electrons. The second-order valence-corrected chi connectivity index (χ2v) is 4.79. The van der Waals surface area contributed by atoms with E-state index in [2.05, 4.69) is 4.98 Å². The van der Waals surface area contributed by atoms with Crippen LogP contribution in [0.3, 0.4) is 0 Å². The monoisotopic (exact) mass is 275 g/mol. The van der Waals surface area contributed by atoms with E-state index < -0.39 is 5.97 Å². The molecule has 0 aliphatic carbocycles. The van der Waals surface area contributed by atoms with E-state index in [0.29, 0.717) is 16.8 Å². The Morgan fingerprint density at radius 1 is 1.35 bits per heavy atom. The summed E-state index contributed by atoms with van der Waals surface area (Å²) >= 11 is 0. The Balaban J connectivity index is 2.72. The van der Waals surface area contributed by atoms with Crippen molar-refractivity contribution in [2.75, 3.05) is 7.11 Å². The Morgan fingerprint density at radius 2 is 2.05 bits per heavy atom. The van der Waals surface area contributed by atoms with E-state index in [9.17, 15) is 9.59 Å². The largest absolute Gasteiger partial charge is 0.495 e. The molecule has 0 unspecified atom stereocenters. The lowest BCUT2D eigenvalue weighted by atomic mass is 9.98. The fourth-order valence-electron chi connectivity index (χ4n) is 2.51. The molecule has 0 saturated carbocycles. The summed E-state index contributed by atoms with van der Waals surface area (Å²) in [7, 11) is 1.55. The van der Waals surface area contributed by atoms with Crippen molar-refractivity contribution in [2.24, 2.45) is 0 Å². The Hall–Kier alpha value is -2.30. The van der Waals surface area contributed by atoms with Gasteiger partial charge in [-0.2, -0.15) is 0 Å². The number of aromatic amines is 1. The summed E-state index contributed by atoms with van der Waals surface area (Å²) in [6, 6.07) is 3.73. The minimum atomic E-state index is -0.911. The van der Waals surface area contributed by atoms with Crippen molar-refractivity contribution >= 4 is 16.9 Å². The topological polar surface area (TPSA) is 79.4 Å². The molecule has 2 aromatic rings. The van der Waals surface area contributed by atoms with Crippen LogP contribution in [0, 0.1) is 13.8 Å². The number of carboxylic acid groups (broad SMARTS) is 1. The third kappa shape index (κ3) is 2.39. The maximum atomic E-state index is 12.1. The van der Waals surface area contributed by atoms with Crippen LogP contribution >= 0.6 is 0 Å². The van der Waals surface area contributed by atoms with Gasteiger partial charge < -0.3 is 14.8 Å². The van der Waals surface area contributed by atoms with Gasteiger partial charge in [-0.15, -0.1) is 0 Å². The van der Waals surface area contributed by atoms with Gasteiger partial charge in [0.1, 0.15) is 5.75 Å². The van der Waals surface area contributed by atoms with Gasteiger partial charge in [0.25, 0.3) is 5.56 Å². The van der Waals surface area contributed by atoms with Gasteiger partial charge >= 0.3 is 5.97 Å². The summed E-state index contributed by atoms with van der Waals surface area (Å²) in [6.07, 6.45) is 0.168. The highest BCUT2D eigenvalue weighted by Crippen LogP contribution is 2.29. The fourth-order valence-corrected chi connectivity index (χ4v) is 2.51. The molecule has 1 aromatic carbocycles. The van der Waals surface area contributed by atoms with Gasteiger partial charge in [-0.05, 0) is 37.5 Å². The molecule has 1 aromatic heterocycles. The standard InChI is InChI=1S/C15H17NO4/c1-8-4-6-11(20-3)14-13(8)9(2)10(15(19)16-14)5-7-12(17)18/h4,6H,5,7H2,1-3H3,(H,16,19)(H,17,18). The minimum absolute atomic E-state index is 0.0571. The van der Waals surface area contributed by atoms with E-state index in [1.54, 1.807) is 7.11 Å². The molecule has 106 valence electrons. The molecule has 0 fully saturated rings. The molecule has 1 heterocycles. The molecule has 0 atom stereocenters. The van der Waals surface area contributed by atoms with Gasteiger partial charge in [-0.25, -0.2) is 0 Å². The zero-order valence-corrected chi connectivity index (χ0v) is 11.7. The maximum absolute atomic E-state index is 12.1. The fraction of sp³-hybridized carbons (Fsp3) is 0.333. The second-order valence-electron chi connectivity index (χ2n) is 4.79. The summed E-state index contributed by atoms with van der Waals surface area (Å²) in [4.78, 5) is 25.6. The zero-order chi connectivity index (χ0) is 14.9. The molecule has 0 aliphatic heterocycles. The van der Waals surface area contributed by atoms with Crippen molar-refractivity contribution in [1.29, 1.82) is 0 Å². The number of aromatic nitrogens is 1. The first-order chi connectivity index (χ1) is 9.45. The highest BCUT2D eigenvalue weighted by atomic mass is 16.5. The van der Waals surface area contributed by atoms with E-state index in [4.69, 9.17) is 9.84 Å². The number of fused-ring (bicyclic) bond motifs is 1. The van der Waals surface area contributed by atoms with Crippen LogP contribution in [0.2, 0.25) is 0 Å². The first-order valence-electron chi connectivity index (χ1n) is 6.36. The number of aliphatic carboxylic acids is 1. The summed E-state index contributed by atoms with van der Waals surface area (Å²) in [5.74, 6) is -0.304. The molecule has 0 amide bonds. The van der Waals surface area contributed by atoms with Gasteiger partial charge in [0.2, 0.25) is 0 Å². The summed E-state index contributed by atoms with van der Waals surface area (Å²) in [6.45, 7) is 3.80. The van der Waals surface area contributed by atoms with Gasteiger partial charge in [-0.3, -0.25) is 9.59 Å². The highest BCUT2D eigenvalue weighted by Gasteiger charge is 2.14. The Kier molecular flexibility index (Phi) is 3.79. The summed E-state index contributed by atoms with van der Waals surface area (Å²) in [5, 5.41) is 9.70. The third-order valence-corrected chi connectivity index (χ3v) is 3.52. The number of hydrogen-bond acceptors (Lipinski definition) is 3. The number of aryl methyl sites for hydroxylation is 2. The van der Waals surface area contributed by atoms with Crippen LogP contribution in [0.4, 0.5) is 0 Å². The number of H-pyrrole nitrogens is 1. The van der Waals surface area contributed by atoms with E-state index >= 15 is 0 Å². The minimum Gasteiger partial charge on any atom is -0.495 e. The number of methoxy groups -OCH3 is 1. The van der Waals surface area contributed by atoms with Gasteiger partial charge in [0, 0.05) is 17.4 Å². The molecule has 0 saturated heterocycles. The Labute approximate surface area is 116 Å².